The van der Waals surface area contributed by atoms with E-state index in [1.54, 1.807) is 18.9 Å². The summed E-state index contributed by atoms with van der Waals surface area (Å²) < 4.78 is 12.6. The van der Waals surface area contributed by atoms with Crippen molar-refractivity contribution in [2.75, 3.05) is 19.5 Å². The van der Waals surface area contributed by atoms with E-state index in [4.69, 9.17) is 9.47 Å². The van der Waals surface area contributed by atoms with E-state index in [0.717, 1.165) is 28.8 Å². The van der Waals surface area contributed by atoms with Gasteiger partial charge in [0.15, 0.2) is 0 Å². The largest absolute Gasteiger partial charge is 0.497 e. The highest BCUT2D eigenvalue weighted by Gasteiger charge is 2.09. The molecule has 0 amide bonds. The quantitative estimate of drug-likeness (QED) is 0.552. The molecule has 0 spiro atoms. The van der Waals surface area contributed by atoms with E-state index >= 15 is 0 Å². The molecular formula is C14H20N4O2S. The van der Waals surface area contributed by atoms with Crippen molar-refractivity contribution < 1.29 is 9.47 Å². The number of methoxy groups -OCH3 is 1. The average Bonchev–Trinajstić information content (AvgIpc) is 2.96. The summed E-state index contributed by atoms with van der Waals surface area (Å²) >= 11 is 1.65. The van der Waals surface area contributed by atoms with Crippen LogP contribution in [-0.4, -0.2) is 39.7 Å². The van der Waals surface area contributed by atoms with E-state index < -0.39 is 0 Å². The number of benzene rings is 1. The van der Waals surface area contributed by atoms with Crippen molar-refractivity contribution in [3.63, 3.8) is 0 Å². The van der Waals surface area contributed by atoms with Crippen LogP contribution in [0, 0.1) is 0 Å². The van der Waals surface area contributed by atoms with E-state index in [2.05, 4.69) is 29.4 Å². The zero-order valence-corrected chi connectivity index (χ0v) is 13.3. The Bertz CT molecular complexity index is 542. The van der Waals surface area contributed by atoms with Crippen LogP contribution in [-0.2, 0) is 0 Å². The third-order valence-corrected chi connectivity index (χ3v) is 3.82. The van der Waals surface area contributed by atoms with Gasteiger partial charge in [0, 0.05) is 5.75 Å². The highest BCUT2D eigenvalue weighted by atomic mass is 32.2. The molecule has 0 unspecified atom stereocenters. The first kappa shape index (κ1) is 15.6. The second kappa shape index (κ2) is 7.87. The van der Waals surface area contributed by atoms with Gasteiger partial charge in [0.05, 0.1) is 19.8 Å². The molecular weight excluding hydrogens is 288 g/mol. The molecule has 0 saturated heterocycles. The van der Waals surface area contributed by atoms with Crippen LogP contribution in [0.25, 0.3) is 0 Å². The number of tetrazole rings is 1. The lowest BCUT2D eigenvalue weighted by Crippen LogP contribution is -2.05. The maximum absolute atomic E-state index is 5.68. The second-order valence-electron chi connectivity index (χ2n) is 4.73. The molecule has 0 aliphatic rings. The minimum Gasteiger partial charge on any atom is -0.497 e. The lowest BCUT2D eigenvalue weighted by Gasteiger charge is -2.08. The second-order valence-corrected chi connectivity index (χ2v) is 5.79. The zero-order chi connectivity index (χ0) is 15.1. The molecule has 6 nitrogen and oxygen atoms in total. The van der Waals surface area contributed by atoms with Crippen LogP contribution >= 0.6 is 11.8 Å². The Morgan fingerprint density at radius 2 is 1.90 bits per heavy atom. The predicted molar refractivity (Wildman–Crippen MR) is 82.0 cm³/mol. The normalized spacial score (nSPS) is 10.9. The maximum atomic E-state index is 5.68. The molecule has 7 heteroatoms. The van der Waals surface area contributed by atoms with Gasteiger partial charge in [0.25, 0.3) is 0 Å². The van der Waals surface area contributed by atoms with Crippen molar-refractivity contribution in [2.45, 2.75) is 31.5 Å². The SMILES string of the molecule is COc1ccc(OCCCSc2nnnn2C(C)C)cc1. The molecule has 0 atom stereocenters. The van der Waals surface area contributed by atoms with Crippen LogP contribution < -0.4 is 9.47 Å². The molecule has 114 valence electrons. The maximum Gasteiger partial charge on any atom is 0.209 e. The van der Waals surface area contributed by atoms with E-state index in [9.17, 15) is 0 Å². The number of aromatic nitrogens is 4. The van der Waals surface area contributed by atoms with Crippen molar-refractivity contribution in [3.05, 3.63) is 24.3 Å². The average molecular weight is 308 g/mol. The van der Waals surface area contributed by atoms with Gasteiger partial charge in [0.2, 0.25) is 5.16 Å². The Labute approximate surface area is 128 Å². The molecule has 1 heterocycles. The lowest BCUT2D eigenvalue weighted by molar-refractivity contribution is 0.318. The summed E-state index contributed by atoms with van der Waals surface area (Å²) in [5.74, 6) is 2.61. The molecule has 1 aromatic carbocycles. The molecule has 1 aromatic heterocycles. The van der Waals surface area contributed by atoms with Crippen LogP contribution in [0.1, 0.15) is 26.3 Å². The van der Waals surface area contributed by atoms with Gasteiger partial charge < -0.3 is 9.47 Å². The first-order valence-corrected chi connectivity index (χ1v) is 7.87. The fraction of sp³-hybridized carbons (Fsp3) is 0.500. The van der Waals surface area contributed by atoms with E-state index in [0.29, 0.717) is 6.61 Å². The molecule has 2 aromatic rings. The molecule has 0 radical (unpaired) electrons. The first-order chi connectivity index (χ1) is 10.2. The van der Waals surface area contributed by atoms with Gasteiger partial charge in [-0.1, -0.05) is 11.8 Å². The summed E-state index contributed by atoms with van der Waals surface area (Å²) in [6.45, 7) is 4.79. The minimum atomic E-state index is 0.276. The van der Waals surface area contributed by atoms with E-state index in [-0.39, 0.29) is 6.04 Å². The number of ether oxygens (including phenoxy) is 2. The summed E-state index contributed by atoms with van der Waals surface area (Å²) in [5, 5.41) is 12.6. The highest BCUT2D eigenvalue weighted by molar-refractivity contribution is 7.99. The smallest absolute Gasteiger partial charge is 0.209 e. The van der Waals surface area contributed by atoms with Gasteiger partial charge in [-0.3, -0.25) is 0 Å². The summed E-state index contributed by atoms with van der Waals surface area (Å²) in [6, 6.07) is 7.87. The third-order valence-electron chi connectivity index (χ3n) is 2.80. The number of hydrogen-bond donors (Lipinski definition) is 0. The van der Waals surface area contributed by atoms with Crippen LogP contribution in [0.2, 0.25) is 0 Å². The van der Waals surface area contributed by atoms with Crippen LogP contribution in [0.4, 0.5) is 0 Å². The topological polar surface area (TPSA) is 62.1 Å². The monoisotopic (exact) mass is 308 g/mol. The van der Waals surface area contributed by atoms with Gasteiger partial charge in [-0.15, -0.1) is 5.10 Å². The molecule has 0 N–H and O–H groups in total. The molecule has 0 aliphatic heterocycles. The van der Waals surface area contributed by atoms with Crippen LogP contribution in [0.3, 0.4) is 0 Å². The summed E-state index contributed by atoms with van der Waals surface area (Å²) in [5.41, 5.74) is 0. The number of thioether (sulfide) groups is 1. The van der Waals surface area contributed by atoms with Crippen LogP contribution in [0.5, 0.6) is 11.5 Å². The molecule has 0 bridgehead atoms. The Morgan fingerprint density at radius 1 is 1.19 bits per heavy atom. The molecule has 0 fully saturated rings. The summed E-state index contributed by atoms with van der Waals surface area (Å²) in [6.07, 6.45) is 0.932. The van der Waals surface area contributed by atoms with Gasteiger partial charge in [-0.2, -0.15) is 0 Å². The van der Waals surface area contributed by atoms with Gasteiger partial charge in [-0.05, 0) is 55.0 Å². The molecule has 21 heavy (non-hydrogen) atoms. The molecule has 0 saturated carbocycles. The Kier molecular flexibility index (Phi) is 5.86. The first-order valence-electron chi connectivity index (χ1n) is 6.88. The van der Waals surface area contributed by atoms with Crippen molar-refractivity contribution >= 4 is 11.8 Å². The van der Waals surface area contributed by atoms with Crippen molar-refractivity contribution in [1.82, 2.24) is 20.2 Å². The highest BCUT2D eigenvalue weighted by Crippen LogP contribution is 2.19. The summed E-state index contributed by atoms with van der Waals surface area (Å²) in [7, 11) is 1.65. The standard InChI is InChI=1S/C14H20N4O2S/c1-11(2)18-14(15-16-17-18)21-10-4-9-20-13-7-5-12(19-3)6-8-13/h5-8,11H,4,9-10H2,1-3H3. The predicted octanol–water partition coefficient (Wildman–Crippen LogP) is 2.82. The number of hydrogen-bond acceptors (Lipinski definition) is 6. The fourth-order valence-electron chi connectivity index (χ4n) is 1.69. The lowest BCUT2D eigenvalue weighted by atomic mass is 10.3. The van der Waals surface area contributed by atoms with Crippen molar-refractivity contribution in [2.24, 2.45) is 0 Å². The minimum absolute atomic E-state index is 0.276. The fourth-order valence-corrected chi connectivity index (χ4v) is 2.61. The van der Waals surface area contributed by atoms with E-state index in [1.165, 1.54) is 0 Å². The Hall–Kier alpha value is -1.76. The van der Waals surface area contributed by atoms with Gasteiger partial charge in [-0.25, -0.2) is 4.68 Å². The molecule has 2 rings (SSSR count). The van der Waals surface area contributed by atoms with Gasteiger partial charge in [0.1, 0.15) is 11.5 Å². The van der Waals surface area contributed by atoms with Gasteiger partial charge >= 0.3 is 0 Å². The Morgan fingerprint density at radius 3 is 2.57 bits per heavy atom. The Balaban J connectivity index is 1.68. The number of nitrogens with zero attached hydrogens (tertiary/aromatic N) is 4. The summed E-state index contributed by atoms with van der Waals surface area (Å²) in [4.78, 5) is 0. The van der Waals surface area contributed by atoms with E-state index in [1.807, 2.05) is 28.9 Å². The molecule has 0 aliphatic carbocycles. The van der Waals surface area contributed by atoms with Crippen molar-refractivity contribution in [3.8, 4) is 11.5 Å². The number of rotatable bonds is 8. The van der Waals surface area contributed by atoms with Crippen molar-refractivity contribution in [1.29, 1.82) is 0 Å². The van der Waals surface area contributed by atoms with Crippen LogP contribution in [0.15, 0.2) is 29.4 Å². The zero-order valence-electron chi connectivity index (χ0n) is 12.5. The third kappa shape index (κ3) is 4.63.